The fourth-order valence-corrected chi connectivity index (χ4v) is 2.56. The molecule has 2 rings (SSSR count). The smallest absolute Gasteiger partial charge is 0.139 e. The summed E-state index contributed by atoms with van der Waals surface area (Å²) in [6.45, 7) is 3.41. The summed E-state index contributed by atoms with van der Waals surface area (Å²) in [5.74, 6) is -0.0873. The molecular formula is C12H16BrFN2O. The molecule has 2 unspecified atom stereocenters. The van der Waals surface area contributed by atoms with E-state index < -0.39 is 0 Å². The molecule has 0 spiro atoms. The Morgan fingerprint density at radius 1 is 1.59 bits per heavy atom. The van der Waals surface area contributed by atoms with Crippen molar-refractivity contribution in [3.05, 3.63) is 22.4 Å². The average Bonchev–Trinajstić information content (AvgIpc) is 2.72. The minimum absolute atomic E-state index is 0.262. The molecular weight excluding hydrogens is 287 g/mol. The molecule has 94 valence electrons. The first-order valence-corrected chi connectivity index (χ1v) is 6.46. The van der Waals surface area contributed by atoms with Gasteiger partial charge in [0.1, 0.15) is 5.82 Å². The van der Waals surface area contributed by atoms with Crippen LogP contribution in [0.3, 0.4) is 0 Å². The molecule has 0 bridgehead atoms. The fourth-order valence-electron chi connectivity index (χ4n) is 2.23. The summed E-state index contributed by atoms with van der Waals surface area (Å²) < 4.78 is 13.7. The average molecular weight is 303 g/mol. The third-order valence-electron chi connectivity index (χ3n) is 3.32. The lowest BCUT2D eigenvalue weighted by atomic mass is 10.0. The van der Waals surface area contributed by atoms with E-state index in [1.165, 1.54) is 6.07 Å². The number of hydrogen-bond acceptors (Lipinski definition) is 3. The second-order valence-corrected chi connectivity index (χ2v) is 5.41. The molecule has 1 heterocycles. The van der Waals surface area contributed by atoms with Crippen LogP contribution in [0.1, 0.15) is 13.3 Å². The highest BCUT2D eigenvalue weighted by Gasteiger charge is 2.27. The highest BCUT2D eigenvalue weighted by atomic mass is 79.9. The molecule has 0 aliphatic carbocycles. The Bertz CT molecular complexity index is 425. The van der Waals surface area contributed by atoms with Gasteiger partial charge in [-0.2, -0.15) is 0 Å². The van der Waals surface area contributed by atoms with Gasteiger partial charge in [0.15, 0.2) is 0 Å². The molecule has 0 aromatic heterocycles. The molecule has 3 N–H and O–H groups in total. The number of nitrogens with zero attached hydrogens (tertiary/aromatic N) is 1. The van der Waals surface area contributed by atoms with E-state index in [2.05, 4.69) is 20.8 Å². The van der Waals surface area contributed by atoms with Crippen LogP contribution in [0.2, 0.25) is 0 Å². The summed E-state index contributed by atoms with van der Waals surface area (Å²) in [5.41, 5.74) is 7.10. The standard InChI is InChI=1S/C12H16BrFN2O/c1-7(17)8-2-3-16(6-8)12-4-9(13)10(14)5-11(12)15/h4-5,7-8,17H,2-3,6,15H2,1H3. The molecule has 0 amide bonds. The van der Waals surface area contributed by atoms with Gasteiger partial charge in [0.05, 0.1) is 22.0 Å². The minimum Gasteiger partial charge on any atom is -0.397 e. The Labute approximate surface area is 109 Å². The van der Waals surface area contributed by atoms with Crippen LogP contribution in [0.5, 0.6) is 0 Å². The molecule has 2 atom stereocenters. The number of anilines is 2. The molecule has 5 heteroatoms. The van der Waals surface area contributed by atoms with Crippen LogP contribution < -0.4 is 10.6 Å². The number of rotatable bonds is 2. The van der Waals surface area contributed by atoms with E-state index in [-0.39, 0.29) is 17.8 Å². The highest BCUT2D eigenvalue weighted by Crippen LogP contribution is 2.33. The first-order chi connectivity index (χ1) is 7.99. The van der Waals surface area contributed by atoms with Crippen LogP contribution in [-0.2, 0) is 0 Å². The van der Waals surface area contributed by atoms with Crippen molar-refractivity contribution in [3.63, 3.8) is 0 Å². The van der Waals surface area contributed by atoms with E-state index in [1.807, 2.05) is 0 Å². The molecule has 1 aliphatic rings. The molecule has 3 nitrogen and oxygen atoms in total. The Hall–Kier alpha value is -0.810. The Morgan fingerprint density at radius 2 is 2.29 bits per heavy atom. The van der Waals surface area contributed by atoms with Gasteiger partial charge in [-0.1, -0.05) is 0 Å². The van der Waals surface area contributed by atoms with Crippen LogP contribution in [0.15, 0.2) is 16.6 Å². The van der Waals surface area contributed by atoms with Crippen LogP contribution in [0, 0.1) is 11.7 Å². The van der Waals surface area contributed by atoms with Crippen molar-refractivity contribution in [2.24, 2.45) is 5.92 Å². The van der Waals surface area contributed by atoms with Gasteiger partial charge in [-0.25, -0.2) is 4.39 Å². The van der Waals surface area contributed by atoms with Crippen molar-refractivity contribution in [3.8, 4) is 0 Å². The van der Waals surface area contributed by atoms with E-state index in [4.69, 9.17) is 5.73 Å². The molecule has 1 aliphatic heterocycles. The maximum atomic E-state index is 13.3. The zero-order chi connectivity index (χ0) is 12.6. The summed E-state index contributed by atoms with van der Waals surface area (Å²) in [7, 11) is 0. The van der Waals surface area contributed by atoms with Crippen LogP contribution in [0.4, 0.5) is 15.8 Å². The first-order valence-electron chi connectivity index (χ1n) is 5.66. The lowest BCUT2D eigenvalue weighted by Crippen LogP contribution is -2.24. The van der Waals surface area contributed by atoms with E-state index in [9.17, 15) is 9.50 Å². The molecule has 1 aromatic rings. The van der Waals surface area contributed by atoms with Gasteiger partial charge < -0.3 is 15.7 Å². The number of nitrogen functional groups attached to an aromatic ring is 1. The summed E-state index contributed by atoms with van der Waals surface area (Å²) in [4.78, 5) is 2.09. The van der Waals surface area contributed by atoms with Gasteiger partial charge in [-0.15, -0.1) is 0 Å². The zero-order valence-corrected chi connectivity index (χ0v) is 11.2. The van der Waals surface area contributed by atoms with Gasteiger partial charge in [0, 0.05) is 25.1 Å². The predicted molar refractivity (Wildman–Crippen MR) is 70.5 cm³/mol. The molecule has 17 heavy (non-hydrogen) atoms. The maximum Gasteiger partial charge on any atom is 0.139 e. The van der Waals surface area contributed by atoms with E-state index in [0.29, 0.717) is 10.2 Å². The Morgan fingerprint density at radius 3 is 2.88 bits per heavy atom. The Balaban J connectivity index is 2.22. The normalized spacial score (nSPS) is 21.9. The number of aliphatic hydroxyl groups is 1. The fraction of sp³-hybridized carbons (Fsp3) is 0.500. The third-order valence-corrected chi connectivity index (χ3v) is 3.92. The monoisotopic (exact) mass is 302 g/mol. The summed E-state index contributed by atoms with van der Waals surface area (Å²) in [6.07, 6.45) is 0.622. The van der Waals surface area contributed by atoms with Crippen molar-refractivity contribution in [2.75, 3.05) is 23.7 Å². The zero-order valence-electron chi connectivity index (χ0n) is 9.66. The van der Waals surface area contributed by atoms with Crippen molar-refractivity contribution in [1.82, 2.24) is 0 Å². The third kappa shape index (κ3) is 2.55. The van der Waals surface area contributed by atoms with Crippen LogP contribution in [-0.4, -0.2) is 24.3 Å². The number of nitrogens with two attached hydrogens (primary N) is 1. The first kappa shape index (κ1) is 12.6. The number of hydrogen-bond donors (Lipinski definition) is 2. The van der Waals surface area contributed by atoms with Gasteiger partial charge >= 0.3 is 0 Å². The van der Waals surface area contributed by atoms with E-state index in [0.717, 1.165) is 25.2 Å². The molecule has 0 radical (unpaired) electrons. The summed E-state index contributed by atoms with van der Waals surface area (Å²) >= 11 is 3.16. The number of aliphatic hydroxyl groups excluding tert-OH is 1. The quantitative estimate of drug-likeness (QED) is 0.825. The van der Waals surface area contributed by atoms with Gasteiger partial charge in [-0.3, -0.25) is 0 Å². The van der Waals surface area contributed by atoms with Gasteiger partial charge in [0.2, 0.25) is 0 Å². The van der Waals surface area contributed by atoms with Crippen molar-refractivity contribution in [2.45, 2.75) is 19.4 Å². The SMILES string of the molecule is CC(O)C1CCN(c2cc(Br)c(F)cc2N)C1. The maximum absolute atomic E-state index is 13.3. The van der Waals surface area contributed by atoms with Gasteiger partial charge in [0.25, 0.3) is 0 Å². The lowest BCUT2D eigenvalue weighted by Gasteiger charge is -2.21. The summed E-state index contributed by atoms with van der Waals surface area (Å²) in [5, 5.41) is 9.56. The van der Waals surface area contributed by atoms with E-state index >= 15 is 0 Å². The van der Waals surface area contributed by atoms with Crippen molar-refractivity contribution >= 4 is 27.3 Å². The highest BCUT2D eigenvalue weighted by molar-refractivity contribution is 9.10. The predicted octanol–water partition coefficient (Wildman–Crippen LogP) is 2.38. The summed E-state index contributed by atoms with van der Waals surface area (Å²) in [6, 6.07) is 3.03. The van der Waals surface area contributed by atoms with Gasteiger partial charge in [-0.05, 0) is 35.3 Å². The van der Waals surface area contributed by atoms with Crippen molar-refractivity contribution < 1.29 is 9.50 Å². The number of halogens is 2. The largest absolute Gasteiger partial charge is 0.397 e. The molecule has 1 aromatic carbocycles. The van der Waals surface area contributed by atoms with E-state index in [1.54, 1.807) is 13.0 Å². The topological polar surface area (TPSA) is 49.5 Å². The lowest BCUT2D eigenvalue weighted by molar-refractivity contribution is 0.136. The van der Waals surface area contributed by atoms with Crippen molar-refractivity contribution in [1.29, 1.82) is 0 Å². The second kappa shape index (κ2) is 4.82. The van der Waals surface area contributed by atoms with Crippen LogP contribution in [0.25, 0.3) is 0 Å². The second-order valence-electron chi connectivity index (χ2n) is 4.56. The molecule has 1 saturated heterocycles. The molecule has 0 saturated carbocycles. The minimum atomic E-state index is -0.350. The Kier molecular flexibility index (Phi) is 3.58. The number of benzene rings is 1. The molecule has 1 fully saturated rings. The van der Waals surface area contributed by atoms with Crippen LogP contribution >= 0.6 is 15.9 Å².